The standard InChI is InChI=1S/C14H22N4O3/c1-11-4-6-16-18(11)7-5-12(19)17-8-9-21-14(2,10-17)13(20)15-3/h4,6H,5,7-10H2,1-3H3,(H,15,20). The van der Waals surface area contributed by atoms with Crippen LogP contribution in [-0.2, 0) is 20.9 Å². The van der Waals surface area contributed by atoms with Crippen LogP contribution in [0.25, 0.3) is 0 Å². The Morgan fingerprint density at radius 3 is 2.90 bits per heavy atom. The molecule has 2 amide bonds. The van der Waals surface area contributed by atoms with Crippen molar-refractivity contribution in [3.8, 4) is 0 Å². The van der Waals surface area contributed by atoms with Gasteiger partial charge in [0.05, 0.1) is 13.2 Å². The highest BCUT2D eigenvalue weighted by molar-refractivity contribution is 5.86. The largest absolute Gasteiger partial charge is 0.362 e. The van der Waals surface area contributed by atoms with Gasteiger partial charge in [-0.15, -0.1) is 0 Å². The zero-order chi connectivity index (χ0) is 15.5. The maximum Gasteiger partial charge on any atom is 0.253 e. The van der Waals surface area contributed by atoms with Crippen molar-refractivity contribution in [1.29, 1.82) is 0 Å². The fourth-order valence-electron chi connectivity index (χ4n) is 2.48. The van der Waals surface area contributed by atoms with Crippen LogP contribution in [0.5, 0.6) is 0 Å². The molecule has 2 rings (SSSR count). The van der Waals surface area contributed by atoms with Crippen molar-refractivity contribution < 1.29 is 14.3 Å². The Kier molecular flexibility index (Phi) is 4.62. The smallest absolute Gasteiger partial charge is 0.253 e. The van der Waals surface area contributed by atoms with Gasteiger partial charge in [-0.1, -0.05) is 0 Å². The molecule has 1 aliphatic rings. The number of morpholine rings is 1. The van der Waals surface area contributed by atoms with Crippen LogP contribution in [0.1, 0.15) is 19.0 Å². The van der Waals surface area contributed by atoms with Gasteiger partial charge < -0.3 is 15.0 Å². The first-order valence-corrected chi connectivity index (χ1v) is 7.08. The van der Waals surface area contributed by atoms with Crippen molar-refractivity contribution in [2.24, 2.45) is 0 Å². The van der Waals surface area contributed by atoms with Gasteiger partial charge in [0.1, 0.15) is 0 Å². The Labute approximate surface area is 124 Å². The van der Waals surface area contributed by atoms with E-state index in [1.54, 1.807) is 29.7 Å². The van der Waals surface area contributed by atoms with Gasteiger partial charge in [-0.05, 0) is 19.9 Å². The molecule has 0 spiro atoms. The summed E-state index contributed by atoms with van der Waals surface area (Å²) in [6.45, 7) is 5.38. The Morgan fingerprint density at radius 1 is 1.52 bits per heavy atom. The summed E-state index contributed by atoms with van der Waals surface area (Å²) in [5.41, 5.74) is 0.0598. The lowest BCUT2D eigenvalue weighted by atomic mass is 10.0. The third kappa shape index (κ3) is 3.41. The molecule has 116 valence electrons. The van der Waals surface area contributed by atoms with E-state index in [0.29, 0.717) is 26.1 Å². The van der Waals surface area contributed by atoms with Gasteiger partial charge in [-0.3, -0.25) is 14.3 Å². The van der Waals surface area contributed by atoms with E-state index in [9.17, 15) is 9.59 Å². The van der Waals surface area contributed by atoms with Crippen LogP contribution < -0.4 is 5.32 Å². The SMILES string of the molecule is CNC(=O)C1(C)CN(C(=O)CCn2nccc2C)CCO1. The van der Waals surface area contributed by atoms with Crippen LogP contribution in [0.2, 0.25) is 0 Å². The number of rotatable bonds is 4. The fourth-order valence-corrected chi connectivity index (χ4v) is 2.48. The molecule has 1 fully saturated rings. The second-order valence-corrected chi connectivity index (χ2v) is 5.42. The van der Waals surface area contributed by atoms with Crippen molar-refractivity contribution in [2.75, 3.05) is 26.7 Å². The molecule has 0 saturated carbocycles. The van der Waals surface area contributed by atoms with Crippen molar-refractivity contribution in [3.05, 3.63) is 18.0 Å². The molecule has 2 heterocycles. The van der Waals surface area contributed by atoms with Crippen LogP contribution >= 0.6 is 0 Å². The first kappa shape index (κ1) is 15.5. The molecule has 1 aromatic rings. The number of carbonyl (C=O) groups is 2. The highest BCUT2D eigenvalue weighted by Crippen LogP contribution is 2.18. The van der Waals surface area contributed by atoms with Crippen LogP contribution in [0, 0.1) is 6.92 Å². The normalized spacial score (nSPS) is 22.1. The Balaban J connectivity index is 1.93. The summed E-state index contributed by atoms with van der Waals surface area (Å²) in [5.74, 6) is -0.189. The topological polar surface area (TPSA) is 76.5 Å². The molecular weight excluding hydrogens is 272 g/mol. The summed E-state index contributed by atoms with van der Waals surface area (Å²) >= 11 is 0. The molecule has 1 saturated heterocycles. The van der Waals surface area contributed by atoms with Crippen LogP contribution in [0.3, 0.4) is 0 Å². The molecule has 21 heavy (non-hydrogen) atoms. The Hall–Kier alpha value is -1.89. The first-order valence-electron chi connectivity index (χ1n) is 7.08. The predicted octanol–water partition coefficient (Wildman–Crippen LogP) is -0.0549. The molecule has 1 N–H and O–H groups in total. The molecule has 0 aliphatic carbocycles. The molecule has 0 bridgehead atoms. The van der Waals surface area contributed by atoms with Gasteiger partial charge >= 0.3 is 0 Å². The van der Waals surface area contributed by atoms with Crippen LogP contribution in [-0.4, -0.2) is 58.8 Å². The van der Waals surface area contributed by atoms with E-state index in [0.717, 1.165) is 5.69 Å². The van der Waals surface area contributed by atoms with Gasteiger partial charge in [0, 0.05) is 38.4 Å². The number of nitrogens with zero attached hydrogens (tertiary/aromatic N) is 3. The van der Waals surface area contributed by atoms with Gasteiger partial charge in [0.15, 0.2) is 5.60 Å². The third-order valence-corrected chi connectivity index (χ3v) is 3.80. The molecular formula is C14H22N4O3. The molecule has 1 atom stereocenters. The van der Waals surface area contributed by atoms with E-state index in [1.165, 1.54) is 0 Å². The highest BCUT2D eigenvalue weighted by atomic mass is 16.5. The molecule has 1 aromatic heterocycles. The predicted molar refractivity (Wildman–Crippen MR) is 76.6 cm³/mol. The number of hydrogen-bond donors (Lipinski definition) is 1. The van der Waals surface area contributed by atoms with Crippen molar-refractivity contribution in [1.82, 2.24) is 20.0 Å². The van der Waals surface area contributed by atoms with Gasteiger partial charge in [-0.2, -0.15) is 5.10 Å². The molecule has 7 nitrogen and oxygen atoms in total. The van der Waals surface area contributed by atoms with Crippen molar-refractivity contribution in [3.63, 3.8) is 0 Å². The summed E-state index contributed by atoms with van der Waals surface area (Å²) in [7, 11) is 1.57. The van der Waals surface area contributed by atoms with Gasteiger partial charge in [-0.25, -0.2) is 0 Å². The first-order chi connectivity index (χ1) is 9.96. The molecule has 0 radical (unpaired) electrons. The number of ether oxygens (including phenoxy) is 1. The monoisotopic (exact) mass is 294 g/mol. The number of aryl methyl sites for hydroxylation is 2. The Bertz CT molecular complexity index is 528. The van der Waals surface area contributed by atoms with Gasteiger partial charge in [0.25, 0.3) is 5.91 Å². The summed E-state index contributed by atoms with van der Waals surface area (Å²) in [6.07, 6.45) is 2.09. The highest BCUT2D eigenvalue weighted by Gasteiger charge is 2.39. The summed E-state index contributed by atoms with van der Waals surface area (Å²) in [5, 5.41) is 6.74. The zero-order valence-corrected chi connectivity index (χ0v) is 12.8. The van der Waals surface area contributed by atoms with Gasteiger partial charge in [0.2, 0.25) is 5.91 Å². The van der Waals surface area contributed by atoms with E-state index >= 15 is 0 Å². The number of likely N-dealkylation sites (N-methyl/N-ethyl adjacent to an activating group) is 1. The second kappa shape index (κ2) is 6.26. The average molecular weight is 294 g/mol. The number of aromatic nitrogens is 2. The maximum atomic E-state index is 12.3. The summed E-state index contributed by atoms with van der Waals surface area (Å²) in [4.78, 5) is 25.9. The number of nitrogens with one attached hydrogen (secondary N) is 1. The summed E-state index contributed by atoms with van der Waals surface area (Å²) < 4.78 is 7.35. The summed E-state index contributed by atoms with van der Waals surface area (Å²) in [6, 6.07) is 1.90. The maximum absolute atomic E-state index is 12.3. The lowest BCUT2D eigenvalue weighted by molar-refractivity contribution is -0.162. The fraction of sp³-hybridized carbons (Fsp3) is 0.643. The number of amides is 2. The third-order valence-electron chi connectivity index (χ3n) is 3.80. The van der Waals surface area contributed by atoms with E-state index in [-0.39, 0.29) is 18.4 Å². The van der Waals surface area contributed by atoms with Crippen molar-refractivity contribution >= 4 is 11.8 Å². The van der Waals surface area contributed by atoms with E-state index in [2.05, 4.69) is 10.4 Å². The minimum Gasteiger partial charge on any atom is -0.362 e. The minimum absolute atomic E-state index is 0.0170. The van der Waals surface area contributed by atoms with E-state index in [4.69, 9.17) is 4.74 Å². The zero-order valence-electron chi connectivity index (χ0n) is 12.8. The molecule has 7 heteroatoms. The van der Waals surface area contributed by atoms with E-state index in [1.807, 2.05) is 13.0 Å². The quantitative estimate of drug-likeness (QED) is 0.844. The number of hydrogen-bond acceptors (Lipinski definition) is 4. The van der Waals surface area contributed by atoms with E-state index < -0.39 is 5.60 Å². The second-order valence-electron chi connectivity index (χ2n) is 5.42. The average Bonchev–Trinajstić information content (AvgIpc) is 2.89. The lowest BCUT2D eigenvalue weighted by Crippen LogP contribution is -2.58. The Morgan fingerprint density at radius 2 is 2.29 bits per heavy atom. The molecule has 0 aromatic carbocycles. The minimum atomic E-state index is -0.968. The molecule has 1 aliphatic heterocycles. The number of carbonyl (C=O) groups excluding carboxylic acids is 2. The lowest BCUT2D eigenvalue weighted by Gasteiger charge is -2.39. The molecule has 1 unspecified atom stereocenters. The van der Waals surface area contributed by atoms with Crippen LogP contribution in [0.4, 0.5) is 0 Å². The van der Waals surface area contributed by atoms with Crippen molar-refractivity contribution in [2.45, 2.75) is 32.4 Å². The van der Waals surface area contributed by atoms with Crippen LogP contribution in [0.15, 0.2) is 12.3 Å².